The number of carboxylic acid groups (broad SMARTS) is 1. The highest BCUT2D eigenvalue weighted by atomic mass is 16.5. The smallest absolute Gasteiger partial charge is 0.203 e. The fourth-order valence-electron chi connectivity index (χ4n) is 1.28. The van der Waals surface area contributed by atoms with Crippen molar-refractivity contribution in [2.75, 3.05) is 27.9 Å². The molecule has 6 nitrogen and oxygen atoms in total. The molecule has 6 heteroatoms. The van der Waals surface area contributed by atoms with Crippen LogP contribution in [0.25, 0.3) is 0 Å². The Kier molecular flexibility index (Phi) is 4.45. The average molecular weight is 241 g/mol. The molecule has 0 aliphatic heterocycles. The van der Waals surface area contributed by atoms with Crippen LogP contribution in [0.5, 0.6) is 23.0 Å². The van der Waals surface area contributed by atoms with Gasteiger partial charge in [0.15, 0.2) is 11.5 Å². The lowest BCUT2D eigenvalue weighted by Gasteiger charge is -2.14. The van der Waals surface area contributed by atoms with Crippen molar-refractivity contribution < 1.29 is 28.8 Å². The van der Waals surface area contributed by atoms with Gasteiger partial charge in [0.1, 0.15) is 12.4 Å². The summed E-state index contributed by atoms with van der Waals surface area (Å²) in [5.74, 6) is 0.179. The summed E-state index contributed by atoms with van der Waals surface area (Å²) >= 11 is 0. The number of rotatable bonds is 6. The summed E-state index contributed by atoms with van der Waals surface area (Å²) in [6.45, 7) is -0.543. The second-order valence-electron chi connectivity index (χ2n) is 3.02. The van der Waals surface area contributed by atoms with Crippen molar-refractivity contribution >= 4 is 5.97 Å². The summed E-state index contributed by atoms with van der Waals surface area (Å²) in [6, 6.07) is 3.01. The number of carboxylic acids is 1. The maximum Gasteiger partial charge on any atom is 0.203 e. The van der Waals surface area contributed by atoms with E-state index < -0.39 is 12.6 Å². The maximum absolute atomic E-state index is 10.3. The minimum Gasteiger partial charge on any atom is -0.546 e. The molecule has 0 bridgehead atoms. The Morgan fingerprint density at radius 2 is 1.65 bits per heavy atom. The molecule has 17 heavy (non-hydrogen) atoms. The molecule has 0 amide bonds. The Hall–Kier alpha value is -2.11. The molecule has 94 valence electrons. The van der Waals surface area contributed by atoms with Crippen LogP contribution in [0.2, 0.25) is 0 Å². The molecule has 0 aliphatic rings. The SMILES string of the molecule is COc1cc(OCC(=O)[O-])cc(OC)c1OC. The Bertz CT molecular complexity index is 376. The van der Waals surface area contributed by atoms with Gasteiger partial charge < -0.3 is 28.8 Å². The number of hydrogen-bond acceptors (Lipinski definition) is 6. The number of methoxy groups -OCH3 is 3. The summed E-state index contributed by atoms with van der Waals surface area (Å²) in [7, 11) is 4.39. The summed E-state index contributed by atoms with van der Waals surface area (Å²) in [5, 5.41) is 10.3. The lowest BCUT2D eigenvalue weighted by atomic mass is 10.2. The van der Waals surface area contributed by atoms with E-state index in [9.17, 15) is 9.90 Å². The lowest BCUT2D eigenvalue weighted by molar-refractivity contribution is -0.307. The molecule has 0 aromatic heterocycles. The van der Waals surface area contributed by atoms with Crippen molar-refractivity contribution in [3.05, 3.63) is 12.1 Å². The molecule has 0 aliphatic carbocycles. The number of carbonyl (C=O) groups excluding carboxylic acids is 1. The highest BCUT2D eigenvalue weighted by molar-refractivity contribution is 5.66. The lowest BCUT2D eigenvalue weighted by Crippen LogP contribution is -2.28. The first-order chi connectivity index (χ1) is 8.12. The van der Waals surface area contributed by atoms with Crippen LogP contribution in [0.4, 0.5) is 0 Å². The van der Waals surface area contributed by atoms with Crippen LogP contribution in [-0.4, -0.2) is 33.9 Å². The van der Waals surface area contributed by atoms with Gasteiger partial charge in [-0.1, -0.05) is 0 Å². The van der Waals surface area contributed by atoms with Crippen molar-refractivity contribution in [3.63, 3.8) is 0 Å². The second-order valence-corrected chi connectivity index (χ2v) is 3.02. The first-order valence-electron chi connectivity index (χ1n) is 4.75. The van der Waals surface area contributed by atoms with Crippen LogP contribution >= 0.6 is 0 Å². The van der Waals surface area contributed by atoms with Gasteiger partial charge in [-0.25, -0.2) is 0 Å². The van der Waals surface area contributed by atoms with E-state index in [1.807, 2.05) is 0 Å². The van der Waals surface area contributed by atoms with E-state index in [0.717, 1.165) is 0 Å². The zero-order valence-electron chi connectivity index (χ0n) is 9.81. The molecule has 0 fully saturated rings. The summed E-state index contributed by atoms with van der Waals surface area (Å²) in [6.07, 6.45) is 0. The Balaban J connectivity index is 3.04. The third kappa shape index (κ3) is 3.17. The molecule has 0 unspecified atom stereocenters. The van der Waals surface area contributed by atoms with E-state index in [1.54, 1.807) is 0 Å². The van der Waals surface area contributed by atoms with E-state index in [-0.39, 0.29) is 0 Å². The zero-order chi connectivity index (χ0) is 12.8. The van der Waals surface area contributed by atoms with E-state index >= 15 is 0 Å². The average Bonchev–Trinajstić information content (AvgIpc) is 2.34. The van der Waals surface area contributed by atoms with Crippen LogP contribution in [-0.2, 0) is 4.79 Å². The van der Waals surface area contributed by atoms with Crippen LogP contribution in [0.3, 0.4) is 0 Å². The van der Waals surface area contributed by atoms with Crippen LogP contribution < -0.4 is 24.1 Å². The highest BCUT2D eigenvalue weighted by Gasteiger charge is 2.13. The number of benzene rings is 1. The molecule has 0 saturated carbocycles. The molecule has 0 radical (unpaired) electrons. The van der Waals surface area contributed by atoms with Gasteiger partial charge in [-0.3, -0.25) is 0 Å². The normalized spacial score (nSPS) is 9.59. The first kappa shape index (κ1) is 13.0. The van der Waals surface area contributed by atoms with E-state index in [1.165, 1.54) is 33.5 Å². The minimum absolute atomic E-state index is 0.295. The Morgan fingerprint density at radius 1 is 1.12 bits per heavy atom. The molecule has 0 spiro atoms. The van der Waals surface area contributed by atoms with Crippen molar-refractivity contribution in [1.82, 2.24) is 0 Å². The molecule has 0 N–H and O–H groups in total. The van der Waals surface area contributed by atoms with Crippen molar-refractivity contribution in [1.29, 1.82) is 0 Å². The molecule has 1 aromatic carbocycles. The molecule has 1 rings (SSSR count). The van der Waals surface area contributed by atoms with Crippen LogP contribution in [0.15, 0.2) is 12.1 Å². The predicted molar refractivity (Wildman–Crippen MR) is 56.6 cm³/mol. The Labute approximate surface area is 98.7 Å². The standard InChI is InChI=1S/C11H14O6/c1-14-8-4-7(17-6-10(12)13)5-9(15-2)11(8)16-3/h4-5H,6H2,1-3H3,(H,12,13)/p-1. The minimum atomic E-state index is -1.31. The van der Waals surface area contributed by atoms with Gasteiger partial charge in [-0.2, -0.15) is 0 Å². The van der Waals surface area contributed by atoms with Gasteiger partial charge in [-0.15, -0.1) is 0 Å². The third-order valence-electron chi connectivity index (χ3n) is 1.99. The fraction of sp³-hybridized carbons (Fsp3) is 0.364. The largest absolute Gasteiger partial charge is 0.546 e. The monoisotopic (exact) mass is 241 g/mol. The molecule has 0 atom stereocenters. The fourth-order valence-corrected chi connectivity index (χ4v) is 1.28. The van der Waals surface area contributed by atoms with Gasteiger partial charge in [0.25, 0.3) is 0 Å². The number of aliphatic carboxylic acids is 1. The van der Waals surface area contributed by atoms with Crippen molar-refractivity contribution in [2.45, 2.75) is 0 Å². The van der Waals surface area contributed by atoms with Gasteiger partial charge in [0.05, 0.1) is 27.3 Å². The van der Waals surface area contributed by atoms with Crippen molar-refractivity contribution in [3.8, 4) is 23.0 Å². The zero-order valence-corrected chi connectivity index (χ0v) is 9.81. The molecular formula is C11H13O6-. The predicted octanol–water partition coefficient (Wildman–Crippen LogP) is -0.159. The van der Waals surface area contributed by atoms with E-state index in [0.29, 0.717) is 23.0 Å². The maximum atomic E-state index is 10.3. The molecular weight excluding hydrogens is 228 g/mol. The summed E-state index contributed by atoms with van der Waals surface area (Å²) < 4.78 is 20.2. The van der Waals surface area contributed by atoms with Gasteiger partial charge in [0, 0.05) is 12.1 Å². The van der Waals surface area contributed by atoms with Gasteiger partial charge >= 0.3 is 0 Å². The molecule has 0 saturated heterocycles. The molecule has 1 aromatic rings. The molecule has 0 heterocycles. The number of hydrogen-bond donors (Lipinski definition) is 0. The topological polar surface area (TPSA) is 77.1 Å². The third-order valence-corrected chi connectivity index (χ3v) is 1.99. The quantitative estimate of drug-likeness (QED) is 0.688. The van der Waals surface area contributed by atoms with Crippen LogP contribution in [0.1, 0.15) is 0 Å². The number of carbonyl (C=O) groups is 1. The van der Waals surface area contributed by atoms with Gasteiger partial charge in [0.2, 0.25) is 5.75 Å². The highest BCUT2D eigenvalue weighted by Crippen LogP contribution is 2.40. The van der Waals surface area contributed by atoms with Crippen LogP contribution in [0, 0.1) is 0 Å². The first-order valence-corrected chi connectivity index (χ1v) is 4.75. The Morgan fingerprint density at radius 3 is 2.00 bits per heavy atom. The summed E-state index contributed by atoms with van der Waals surface area (Å²) in [5.41, 5.74) is 0. The van der Waals surface area contributed by atoms with Crippen molar-refractivity contribution in [2.24, 2.45) is 0 Å². The van der Waals surface area contributed by atoms with E-state index in [4.69, 9.17) is 18.9 Å². The van der Waals surface area contributed by atoms with Gasteiger partial charge in [-0.05, 0) is 0 Å². The van der Waals surface area contributed by atoms with E-state index in [2.05, 4.69) is 0 Å². The summed E-state index contributed by atoms with van der Waals surface area (Å²) in [4.78, 5) is 10.3. The second kappa shape index (κ2) is 5.83. The number of ether oxygens (including phenoxy) is 4.